The predicted molar refractivity (Wildman–Crippen MR) is 101 cm³/mol. The van der Waals surface area contributed by atoms with Gasteiger partial charge in [-0.05, 0) is 49.7 Å². The van der Waals surface area contributed by atoms with E-state index in [1.807, 2.05) is 0 Å². The second kappa shape index (κ2) is 7.64. The van der Waals surface area contributed by atoms with Crippen LogP contribution in [0.15, 0.2) is 42.1 Å². The highest BCUT2D eigenvalue weighted by Gasteiger charge is 2.18. The standard InChI is InChI=1S/C20H25N5/c1-2-6-16(7-3-1)10-12-21-19-14-22-24-20(23-19)25-13-11-17-8-4-5-9-18(17)15-25/h4-6,8-9,14H,1-3,7,10-13,15H2,(H,21,23,24). The quantitative estimate of drug-likeness (QED) is 0.844. The van der Waals surface area contributed by atoms with Gasteiger partial charge < -0.3 is 10.2 Å². The Hall–Kier alpha value is -2.43. The number of hydrogen-bond donors (Lipinski definition) is 1. The van der Waals surface area contributed by atoms with Crippen LogP contribution in [0.2, 0.25) is 0 Å². The summed E-state index contributed by atoms with van der Waals surface area (Å²) < 4.78 is 0. The molecule has 1 N–H and O–H groups in total. The SMILES string of the molecule is C1=C(CCNc2cnnc(N3CCc4ccccc4C3)n2)CCCC1. The lowest BCUT2D eigenvalue weighted by molar-refractivity contribution is 0.678. The normalized spacial score (nSPS) is 17.0. The van der Waals surface area contributed by atoms with Crippen LogP contribution in [0.25, 0.3) is 0 Å². The minimum absolute atomic E-state index is 0.719. The fraction of sp³-hybridized carbons (Fsp3) is 0.450. The highest BCUT2D eigenvalue weighted by atomic mass is 15.3. The van der Waals surface area contributed by atoms with Crippen LogP contribution in [0.1, 0.15) is 43.2 Å². The molecule has 25 heavy (non-hydrogen) atoms. The van der Waals surface area contributed by atoms with Crippen LogP contribution in [0.4, 0.5) is 11.8 Å². The Morgan fingerprint density at radius 3 is 2.88 bits per heavy atom. The molecule has 1 aliphatic carbocycles. The number of nitrogens with zero attached hydrogens (tertiary/aromatic N) is 4. The lowest BCUT2D eigenvalue weighted by Crippen LogP contribution is -2.32. The van der Waals surface area contributed by atoms with Crippen LogP contribution < -0.4 is 10.2 Å². The van der Waals surface area contributed by atoms with Crippen molar-refractivity contribution in [2.24, 2.45) is 0 Å². The van der Waals surface area contributed by atoms with Crippen molar-refractivity contribution in [1.29, 1.82) is 0 Å². The third-order valence-electron chi connectivity index (χ3n) is 5.10. The second-order valence-electron chi connectivity index (χ2n) is 6.87. The van der Waals surface area contributed by atoms with Gasteiger partial charge in [0.25, 0.3) is 0 Å². The van der Waals surface area contributed by atoms with E-state index in [-0.39, 0.29) is 0 Å². The average Bonchev–Trinajstić information content (AvgIpc) is 2.69. The van der Waals surface area contributed by atoms with Crippen molar-refractivity contribution in [1.82, 2.24) is 15.2 Å². The molecule has 1 aliphatic heterocycles. The Bertz CT molecular complexity index is 755. The molecule has 0 atom stereocenters. The minimum atomic E-state index is 0.719. The van der Waals surface area contributed by atoms with Crippen molar-refractivity contribution in [2.75, 3.05) is 23.3 Å². The zero-order valence-electron chi connectivity index (χ0n) is 14.6. The summed E-state index contributed by atoms with van der Waals surface area (Å²) in [5.74, 6) is 1.54. The second-order valence-corrected chi connectivity index (χ2v) is 6.87. The van der Waals surface area contributed by atoms with Gasteiger partial charge in [-0.1, -0.05) is 35.9 Å². The third kappa shape index (κ3) is 3.98. The molecule has 2 heterocycles. The zero-order chi connectivity index (χ0) is 16.9. The smallest absolute Gasteiger partial charge is 0.247 e. The molecule has 0 amide bonds. The molecule has 5 nitrogen and oxygen atoms in total. The van der Waals surface area contributed by atoms with Gasteiger partial charge >= 0.3 is 0 Å². The largest absolute Gasteiger partial charge is 0.368 e. The van der Waals surface area contributed by atoms with Crippen molar-refractivity contribution < 1.29 is 0 Å². The summed E-state index contributed by atoms with van der Waals surface area (Å²) in [5.41, 5.74) is 4.37. The van der Waals surface area contributed by atoms with Gasteiger partial charge in [0, 0.05) is 19.6 Å². The molecule has 1 aromatic heterocycles. The molecule has 2 aliphatic rings. The Morgan fingerprint density at radius 1 is 1.08 bits per heavy atom. The number of nitrogens with one attached hydrogen (secondary N) is 1. The highest BCUT2D eigenvalue weighted by Crippen LogP contribution is 2.22. The number of rotatable bonds is 5. The molecular weight excluding hydrogens is 310 g/mol. The summed E-state index contributed by atoms with van der Waals surface area (Å²) in [6, 6.07) is 8.61. The summed E-state index contributed by atoms with van der Waals surface area (Å²) in [6.07, 6.45) is 11.4. The van der Waals surface area contributed by atoms with E-state index in [4.69, 9.17) is 0 Å². The molecular formula is C20H25N5. The van der Waals surface area contributed by atoms with Crippen LogP contribution in [0, 0.1) is 0 Å². The summed E-state index contributed by atoms with van der Waals surface area (Å²) in [7, 11) is 0. The number of allylic oxidation sites excluding steroid dienone is 1. The molecule has 4 rings (SSSR count). The maximum atomic E-state index is 4.67. The molecule has 2 aromatic rings. The van der Waals surface area contributed by atoms with Crippen LogP contribution in [-0.2, 0) is 13.0 Å². The monoisotopic (exact) mass is 335 g/mol. The van der Waals surface area contributed by atoms with Crippen LogP contribution >= 0.6 is 0 Å². The fourth-order valence-corrected chi connectivity index (χ4v) is 3.66. The first-order valence-electron chi connectivity index (χ1n) is 9.32. The molecule has 130 valence electrons. The van der Waals surface area contributed by atoms with Gasteiger partial charge in [0.15, 0.2) is 5.82 Å². The number of fused-ring (bicyclic) bond motifs is 1. The summed E-state index contributed by atoms with van der Waals surface area (Å²) in [5, 5.41) is 11.8. The van der Waals surface area contributed by atoms with E-state index in [1.165, 1.54) is 36.8 Å². The van der Waals surface area contributed by atoms with E-state index < -0.39 is 0 Å². The minimum Gasteiger partial charge on any atom is -0.368 e. The van der Waals surface area contributed by atoms with Crippen molar-refractivity contribution in [2.45, 2.75) is 45.1 Å². The van der Waals surface area contributed by atoms with Crippen LogP contribution in [-0.4, -0.2) is 28.3 Å². The number of hydrogen-bond acceptors (Lipinski definition) is 5. The summed E-state index contributed by atoms with van der Waals surface area (Å²) in [4.78, 5) is 6.89. The molecule has 0 unspecified atom stereocenters. The molecule has 1 aromatic carbocycles. The maximum Gasteiger partial charge on any atom is 0.247 e. The molecule has 0 saturated carbocycles. The van der Waals surface area contributed by atoms with Crippen molar-refractivity contribution in [3.8, 4) is 0 Å². The summed E-state index contributed by atoms with van der Waals surface area (Å²) in [6.45, 7) is 2.70. The first kappa shape index (κ1) is 16.1. The zero-order valence-corrected chi connectivity index (χ0v) is 14.6. The Kier molecular flexibility index (Phi) is 4.91. The van der Waals surface area contributed by atoms with Gasteiger partial charge in [-0.15, -0.1) is 5.10 Å². The van der Waals surface area contributed by atoms with E-state index in [2.05, 4.69) is 55.7 Å². The topological polar surface area (TPSA) is 53.9 Å². The average molecular weight is 335 g/mol. The van der Waals surface area contributed by atoms with E-state index in [9.17, 15) is 0 Å². The van der Waals surface area contributed by atoms with Crippen molar-refractivity contribution >= 4 is 11.8 Å². The first-order chi connectivity index (χ1) is 12.4. The van der Waals surface area contributed by atoms with Gasteiger partial charge in [0.2, 0.25) is 5.95 Å². The van der Waals surface area contributed by atoms with Gasteiger partial charge in [0.05, 0.1) is 6.20 Å². The lowest BCUT2D eigenvalue weighted by Gasteiger charge is -2.28. The Balaban J connectivity index is 1.37. The van der Waals surface area contributed by atoms with Crippen molar-refractivity contribution in [3.05, 3.63) is 53.2 Å². The van der Waals surface area contributed by atoms with Gasteiger partial charge in [-0.25, -0.2) is 0 Å². The predicted octanol–water partition coefficient (Wildman–Crippen LogP) is 3.74. The number of aromatic nitrogens is 3. The Labute approximate surface area is 149 Å². The van der Waals surface area contributed by atoms with E-state index in [1.54, 1.807) is 11.8 Å². The first-order valence-corrected chi connectivity index (χ1v) is 9.32. The Morgan fingerprint density at radius 2 is 2.00 bits per heavy atom. The molecule has 0 radical (unpaired) electrons. The molecule has 0 saturated heterocycles. The number of benzene rings is 1. The van der Waals surface area contributed by atoms with Gasteiger partial charge in [-0.3, -0.25) is 0 Å². The fourth-order valence-electron chi connectivity index (χ4n) is 3.66. The highest BCUT2D eigenvalue weighted by molar-refractivity contribution is 5.43. The maximum absolute atomic E-state index is 4.67. The summed E-state index contributed by atoms with van der Waals surface area (Å²) >= 11 is 0. The third-order valence-corrected chi connectivity index (χ3v) is 5.10. The van der Waals surface area contributed by atoms with Gasteiger partial charge in [-0.2, -0.15) is 10.1 Å². The lowest BCUT2D eigenvalue weighted by atomic mass is 9.97. The van der Waals surface area contributed by atoms with E-state index in [0.29, 0.717) is 0 Å². The van der Waals surface area contributed by atoms with Crippen LogP contribution in [0.3, 0.4) is 0 Å². The molecule has 5 heteroatoms. The van der Waals surface area contributed by atoms with Gasteiger partial charge in [0.1, 0.15) is 0 Å². The molecule has 0 fully saturated rings. The molecule has 0 spiro atoms. The van der Waals surface area contributed by atoms with Crippen molar-refractivity contribution in [3.63, 3.8) is 0 Å². The molecule has 0 bridgehead atoms. The van der Waals surface area contributed by atoms with E-state index >= 15 is 0 Å². The van der Waals surface area contributed by atoms with Crippen LogP contribution in [0.5, 0.6) is 0 Å². The number of anilines is 2. The van der Waals surface area contributed by atoms with E-state index in [0.717, 1.165) is 44.2 Å².